The maximum absolute atomic E-state index is 11.9. The Bertz CT molecular complexity index is 274. The minimum absolute atomic E-state index is 0.0489. The van der Waals surface area contributed by atoms with Gasteiger partial charge in [-0.05, 0) is 33.7 Å². The van der Waals surface area contributed by atoms with Gasteiger partial charge in [0.1, 0.15) is 0 Å². The maximum Gasteiger partial charge on any atom is 0.222 e. The number of amides is 1. The molecule has 17 heavy (non-hydrogen) atoms. The smallest absolute Gasteiger partial charge is 0.222 e. The van der Waals surface area contributed by atoms with Gasteiger partial charge in [-0.25, -0.2) is 0 Å². The molecule has 1 amide bonds. The molecule has 3 nitrogen and oxygen atoms in total. The Morgan fingerprint density at radius 1 is 1.24 bits per heavy atom. The first-order valence-corrected chi connectivity index (χ1v) is 6.67. The summed E-state index contributed by atoms with van der Waals surface area (Å²) in [4.78, 5) is 11.9. The monoisotopic (exact) mass is 238 g/mol. The van der Waals surface area contributed by atoms with Gasteiger partial charge in [-0.2, -0.15) is 0 Å². The normalized spacial score (nSPS) is 18.5. The highest BCUT2D eigenvalue weighted by atomic mass is 16.1. The molecule has 0 saturated heterocycles. The van der Waals surface area contributed by atoms with E-state index < -0.39 is 0 Å². The molecule has 0 unspecified atom stereocenters. The lowest BCUT2D eigenvalue weighted by atomic mass is 9.79. The Labute approximate surface area is 105 Å². The molecule has 0 atom stereocenters. The summed E-state index contributed by atoms with van der Waals surface area (Å²) < 4.78 is 0. The van der Waals surface area contributed by atoms with Gasteiger partial charge >= 0.3 is 0 Å². The second-order valence-electron chi connectivity index (χ2n) is 5.35. The van der Waals surface area contributed by atoms with Crippen LogP contribution in [0.5, 0.6) is 0 Å². The van der Waals surface area contributed by atoms with Gasteiger partial charge in [-0.3, -0.25) is 4.79 Å². The first kappa shape index (κ1) is 14.2. The second-order valence-corrected chi connectivity index (χ2v) is 5.35. The van der Waals surface area contributed by atoms with Gasteiger partial charge in [0.2, 0.25) is 5.91 Å². The Kier molecular flexibility index (Phi) is 5.69. The number of carbonyl (C=O) groups is 1. The molecular weight excluding hydrogens is 212 g/mol. The number of hydrogen-bond acceptors (Lipinski definition) is 2. The minimum Gasteiger partial charge on any atom is -0.353 e. The molecule has 0 spiro atoms. The van der Waals surface area contributed by atoms with Crippen molar-refractivity contribution >= 4 is 5.91 Å². The highest BCUT2D eigenvalue weighted by Crippen LogP contribution is 2.30. The van der Waals surface area contributed by atoms with Gasteiger partial charge in [0.15, 0.2) is 0 Å². The van der Waals surface area contributed by atoms with E-state index in [4.69, 9.17) is 0 Å². The molecule has 0 heterocycles. The summed E-state index contributed by atoms with van der Waals surface area (Å²) in [5, 5.41) is 6.34. The lowest BCUT2D eigenvalue weighted by Crippen LogP contribution is -2.48. The van der Waals surface area contributed by atoms with Gasteiger partial charge in [0.25, 0.3) is 0 Å². The lowest BCUT2D eigenvalue weighted by Gasteiger charge is -2.36. The van der Waals surface area contributed by atoms with Crippen LogP contribution in [0.3, 0.4) is 0 Å². The molecule has 1 aliphatic rings. The van der Waals surface area contributed by atoms with E-state index in [2.05, 4.69) is 10.6 Å². The Morgan fingerprint density at radius 3 is 2.41 bits per heavy atom. The summed E-state index contributed by atoms with van der Waals surface area (Å²) in [6.45, 7) is 4.74. The van der Waals surface area contributed by atoms with Crippen molar-refractivity contribution in [3.05, 3.63) is 11.6 Å². The molecule has 1 aliphatic carbocycles. The summed E-state index contributed by atoms with van der Waals surface area (Å²) >= 11 is 0. The van der Waals surface area contributed by atoms with E-state index in [0.717, 1.165) is 12.8 Å². The third kappa shape index (κ3) is 4.90. The zero-order valence-corrected chi connectivity index (χ0v) is 11.4. The molecule has 1 fully saturated rings. The van der Waals surface area contributed by atoms with Crippen LogP contribution in [-0.4, -0.2) is 25.0 Å². The van der Waals surface area contributed by atoms with Crippen molar-refractivity contribution in [3.63, 3.8) is 0 Å². The molecular formula is C14H26N2O. The van der Waals surface area contributed by atoms with Gasteiger partial charge in [-0.15, -0.1) is 0 Å². The van der Waals surface area contributed by atoms with Crippen LogP contribution in [0.2, 0.25) is 0 Å². The van der Waals surface area contributed by atoms with Crippen LogP contribution in [0, 0.1) is 0 Å². The number of carbonyl (C=O) groups excluding carboxylic acids is 1. The van der Waals surface area contributed by atoms with Gasteiger partial charge < -0.3 is 10.6 Å². The van der Waals surface area contributed by atoms with Crippen LogP contribution in [0.1, 0.15) is 52.4 Å². The molecule has 1 saturated carbocycles. The van der Waals surface area contributed by atoms with Crippen molar-refractivity contribution in [1.82, 2.24) is 10.6 Å². The van der Waals surface area contributed by atoms with Crippen LogP contribution >= 0.6 is 0 Å². The minimum atomic E-state index is 0.0489. The van der Waals surface area contributed by atoms with Crippen LogP contribution in [0.25, 0.3) is 0 Å². The Balaban J connectivity index is 2.39. The van der Waals surface area contributed by atoms with E-state index in [-0.39, 0.29) is 11.4 Å². The quantitative estimate of drug-likeness (QED) is 0.722. The lowest BCUT2D eigenvalue weighted by molar-refractivity contribution is -0.122. The third-order valence-corrected chi connectivity index (χ3v) is 3.65. The SMILES string of the molecule is CNC1(CC(=O)NCC=C(C)C)CCCCC1. The standard InChI is InChI=1S/C14H26N2O/c1-12(2)7-10-16-13(17)11-14(15-3)8-5-4-6-9-14/h7,15H,4-6,8-11H2,1-3H3,(H,16,17). The average molecular weight is 238 g/mol. The molecule has 2 N–H and O–H groups in total. The molecule has 0 aromatic carbocycles. The van der Waals surface area contributed by atoms with Crippen molar-refractivity contribution in [2.24, 2.45) is 0 Å². The predicted octanol–water partition coefficient (Wildman–Crippen LogP) is 2.38. The number of hydrogen-bond donors (Lipinski definition) is 2. The molecule has 98 valence electrons. The highest BCUT2D eigenvalue weighted by molar-refractivity contribution is 5.77. The van der Waals surface area contributed by atoms with Gasteiger partial charge in [0.05, 0.1) is 0 Å². The number of allylic oxidation sites excluding steroid dienone is 1. The predicted molar refractivity (Wildman–Crippen MR) is 71.9 cm³/mol. The fourth-order valence-corrected chi connectivity index (χ4v) is 2.48. The average Bonchev–Trinajstić information content (AvgIpc) is 2.29. The third-order valence-electron chi connectivity index (χ3n) is 3.65. The highest BCUT2D eigenvalue weighted by Gasteiger charge is 2.32. The molecule has 0 radical (unpaired) electrons. The van der Waals surface area contributed by atoms with Crippen molar-refractivity contribution in [2.75, 3.05) is 13.6 Å². The first-order valence-electron chi connectivity index (χ1n) is 6.67. The zero-order chi connectivity index (χ0) is 12.7. The van der Waals surface area contributed by atoms with Crippen LogP contribution in [0.4, 0.5) is 0 Å². The number of nitrogens with one attached hydrogen (secondary N) is 2. The largest absolute Gasteiger partial charge is 0.353 e. The van der Waals surface area contributed by atoms with E-state index in [1.165, 1.54) is 24.8 Å². The maximum atomic E-state index is 11.9. The van der Waals surface area contributed by atoms with E-state index >= 15 is 0 Å². The molecule has 0 aromatic heterocycles. The zero-order valence-electron chi connectivity index (χ0n) is 11.4. The van der Waals surface area contributed by atoms with E-state index in [1.807, 2.05) is 27.0 Å². The summed E-state index contributed by atoms with van der Waals surface area (Å²) in [6.07, 6.45) is 8.69. The molecule has 0 aliphatic heterocycles. The second kappa shape index (κ2) is 6.80. The summed E-state index contributed by atoms with van der Waals surface area (Å²) in [5.41, 5.74) is 1.29. The summed E-state index contributed by atoms with van der Waals surface area (Å²) in [5.74, 6) is 0.166. The summed E-state index contributed by atoms with van der Waals surface area (Å²) in [7, 11) is 1.98. The van der Waals surface area contributed by atoms with E-state index in [0.29, 0.717) is 13.0 Å². The van der Waals surface area contributed by atoms with Crippen molar-refractivity contribution in [3.8, 4) is 0 Å². The fraction of sp³-hybridized carbons (Fsp3) is 0.786. The van der Waals surface area contributed by atoms with Crippen molar-refractivity contribution in [1.29, 1.82) is 0 Å². The first-order chi connectivity index (χ1) is 8.08. The van der Waals surface area contributed by atoms with Crippen molar-refractivity contribution in [2.45, 2.75) is 57.9 Å². The van der Waals surface area contributed by atoms with E-state index in [9.17, 15) is 4.79 Å². The van der Waals surface area contributed by atoms with Crippen molar-refractivity contribution < 1.29 is 4.79 Å². The fourth-order valence-electron chi connectivity index (χ4n) is 2.48. The molecule has 1 rings (SSSR count). The Morgan fingerprint density at radius 2 is 1.88 bits per heavy atom. The number of rotatable bonds is 5. The van der Waals surface area contributed by atoms with Crippen LogP contribution in [-0.2, 0) is 4.79 Å². The van der Waals surface area contributed by atoms with Crippen LogP contribution in [0.15, 0.2) is 11.6 Å². The summed E-state index contributed by atoms with van der Waals surface area (Å²) in [6, 6.07) is 0. The van der Waals surface area contributed by atoms with Gasteiger partial charge in [-0.1, -0.05) is 30.9 Å². The van der Waals surface area contributed by atoms with Crippen LogP contribution < -0.4 is 10.6 Å². The Hall–Kier alpha value is -0.830. The molecule has 0 bridgehead atoms. The molecule has 0 aromatic rings. The van der Waals surface area contributed by atoms with Gasteiger partial charge in [0, 0.05) is 18.5 Å². The van der Waals surface area contributed by atoms with E-state index in [1.54, 1.807) is 0 Å². The molecule has 3 heteroatoms. The topological polar surface area (TPSA) is 41.1 Å².